The van der Waals surface area contributed by atoms with Crippen molar-refractivity contribution in [2.75, 3.05) is 20.2 Å². The minimum atomic E-state index is -0.475. The molecule has 0 heterocycles. The highest BCUT2D eigenvalue weighted by molar-refractivity contribution is 5.80. The Morgan fingerprint density at radius 3 is 2.62 bits per heavy atom. The largest absolute Gasteiger partial charge is 0.465 e. The second-order valence-electron chi connectivity index (χ2n) is 4.66. The fourth-order valence-electron chi connectivity index (χ4n) is 1.97. The Morgan fingerprint density at radius 2 is 2.10 bits per heavy atom. The molecule has 0 radical (unpaired) electrons. The third kappa shape index (κ3) is 7.61. The van der Waals surface area contributed by atoms with Gasteiger partial charge in [0.1, 0.15) is 12.3 Å². The van der Waals surface area contributed by atoms with E-state index in [4.69, 9.17) is 4.74 Å². The summed E-state index contributed by atoms with van der Waals surface area (Å²) in [5.74, 6) is -0.278. The molecule has 0 aliphatic carbocycles. The zero-order chi connectivity index (χ0) is 16.1. The van der Waals surface area contributed by atoms with Gasteiger partial charge in [-0.25, -0.2) is 4.79 Å². The number of aldehydes is 1. The number of allylic oxidation sites excluding steroid dienone is 3. The Balaban J connectivity index is 5.20. The first-order chi connectivity index (χ1) is 10.1. The lowest BCUT2D eigenvalue weighted by atomic mass is 10.0. The summed E-state index contributed by atoms with van der Waals surface area (Å²) in [6.45, 7) is 8.53. The summed E-state index contributed by atoms with van der Waals surface area (Å²) in [7, 11) is 1.86. The number of nitrogens with zero attached hydrogens (tertiary/aromatic N) is 1. The monoisotopic (exact) mass is 293 g/mol. The van der Waals surface area contributed by atoms with Gasteiger partial charge in [0.05, 0.1) is 6.61 Å². The molecule has 4 heteroatoms. The molecule has 4 nitrogen and oxygen atoms in total. The third-order valence-electron chi connectivity index (χ3n) is 2.96. The van der Waals surface area contributed by atoms with Crippen molar-refractivity contribution in [3.05, 3.63) is 36.5 Å². The maximum absolute atomic E-state index is 12.3. The standard InChI is InChI=1S/C17H27NO3/c1-5-8-12-15(11-6-2)16(17(20)21-7-3)18(4)13-9-10-14-19/h6,8,11-12,14,16H,2,5,7,9-10,13H2,1,3-4H3/b12-8-,15-11+. The van der Waals surface area contributed by atoms with E-state index in [0.717, 1.165) is 24.7 Å². The molecule has 21 heavy (non-hydrogen) atoms. The fourth-order valence-corrected chi connectivity index (χ4v) is 1.97. The predicted molar refractivity (Wildman–Crippen MR) is 86.1 cm³/mol. The lowest BCUT2D eigenvalue weighted by Gasteiger charge is -2.27. The third-order valence-corrected chi connectivity index (χ3v) is 2.96. The summed E-state index contributed by atoms with van der Waals surface area (Å²) in [5, 5.41) is 0. The van der Waals surface area contributed by atoms with Crippen LogP contribution >= 0.6 is 0 Å². The lowest BCUT2D eigenvalue weighted by molar-refractivity contribution is -0.147. The van der Waals surface area contributed by atoms with Crippen molar-refractivity contribution in [3.8, 4) is 0 Å². The van der Waals surface area contributed by atoms with Crippen LogP contribution in [-0.2, 0) is 14.3 Å². The molecular weight excluding hydrogens is 266 g/mol. The zero-order valence-electron chi connectivity index (χ0n) is 13.4. The number of carbonyl (C=O) groups is 2. The number of esters is 1. The van der Waals surface area contributed by atoms with Gasteiger partial charge in [0.25, 0.3) is 0 Å². The lowest BCUT2D eigenvalue weighted by Crippen LogP contribution is -2.41. The van der Waals surface area contributed by atoms with Crippen molar-refractivity contribution in [1.29, 1.82) is 0 Å². The van der Waals surface area contributed by atoms with Gasteiger partial charge in [0, 0.05) is 6.42 Å². The summed E-state index contributed by atoms with van der Waals surface area (Å²) in [5.41, 5.74) is 0.846. The van der Waals surface area contributed by atoms with Crippen molar-refractivity contribution < 1.29 is 14.3 Å². The second-order valence-corrected chi connectivity index (χ2v) is 4.66. The van der Waals surface area contributed by atoms with Crippen LogP contribution in [0, 0.1) is 0 Å². The molecular formula is C17H27NO3. The van der Waals surface area contributed by atoms with E-state index in [1.54, 1.807) is 13.0 Å². The number of carbonyl (C=O) groups excluding carboxylic acids is 2. The van der Waals surface area contributed by atoms with Crippen LogP contribution in [-0.4, -0.2) is 43.4 Å². The van der Waals surface area contributed by atoms with E-state index in [1.807, 2.05) is 37.1 Å². The first-order valence-corrected chi connectivity index (χ1v) is 7.41. The molecule has 0 saturated carbocycles. The van der Waals surface area contributed by atoms with Gasteiger partial charge in [0.15, 0.2) is 0 Å². The molecule has 0 rings (SSSR count). The summed E-state index contributed by atoms with van der Waals surface area (Å²) in [6, 6.07) is -0.475. The van der Waals surface area contributed by atoms with E-state index in [1.165, 1.54) is 0 Å². The minimum absolute atomic E-state index is 0.278. The van der Waals surface area contributed by atoms with Gasteiger partial charge in [-0.1, -0.05) is 37.8 Å². The summed E-state index contributed by atoms with van der Waals surface area (Å²) in [4.78, 5) is 24.6. The SMILES string of the molecule is C=C/C=C(\C=C/CC)C(C(=O)OCC)N(C)CCCC=O. The minimum Gasteiger partial charge on any atom is -0.465 e. The first-order valence-electron chi connectivity index (χ1n) is 7.41. The second kappa shape index (κ2) is 12.1. The van der Waals surface area contributed by atoms with Crippen LogP contribution in [0.25, 0.3) is 0 Å². The highest BCUT2D eigenvalue weighted by Gasteiger charge is 2.26. The van der Waals surface area contributed by atoms with Crippen molar-refractivity contribution in [3.63, 3.8) is 0 Å². The molecule has 0 bridgehead atoms. The van der Waals surface area contributed by atoms with Gasteiger partial charge in [-0.3, -0.25) is 4.90 Å². The Kier molecular flexibility index (Phi) is 11.1. The summed E-state index contributed by atoms with van der Waals surface area (Å²) in [6.07, 6.45) is 10.4. The van der Waals surface area contributed by atoms with Gasteiger partial charge in [-0.15, -0.1) is 0 Å². The normalized spacial score (nSPS) is 13.4. The van der Waals surface area contributed by atoms with Crippen LogP contribution < -0.4 is 0 Å². The Hall–Kier alpha value is -1.68. The van der Waals surface area contributed by atoms with Crippen LogP contribution in [0.3, 0.4) is 0 Å². The highest BCUT2D eigenvalue weighted by Crippen LogP contribution is 2.15. The topological polar surface area (TPSA) is 46.6 Å². The zero-order valence-corrected chi connectivity index (χ0v) is 13.4. The molecule has 0 spiro atoms. The Morgan fingerprint density at radius 1 is 1.38 bits per heavy atom. The van der Waals surface area contributed by atoms with Crippen LogP contribution in [0.15, 0.2) is 36.5 Å². The first kappa shape index (κ1) is 19.3. The van der Waals surface area contributed by atoms with E-state index >= 15 is 0 Å². The van der Waals surface area contributed by atoms with E-state index in [2.05, 4.69) is 6.58 Å². The highest BCUT2D eigenvalue weighted by atomic mass is 16.5. The molecule has 0 fully saturated rings. The smallest absolute Gasteiger partial charge is 0.327 e. The van der Waals surface area contributed by atoms with Gasteiger partial charge >= 0.3 is 5.97 Å². The van der Waals surface area contributed by atoms with E-state index in [-0.39, 0.29) is 5.97 Å². The number of hydrogen-bond acceptors (Lipinski definition) is 4. The van der Waals surface area contributed by atoms with Crippen LogP contribution in [0.2, 0.25) is 0 Å². The van der Waals surface area contributed by atoms with E-state index in [0.29, 0.717) is 19.6 Å². The molecule has 0 aromatic heterocycles. The van der Waals surface area contributed by atoms with Gasteiger partial charge in [-0.2, -0.15) is 0 Å². The molecule has 1 atom stereocenters. The van der Waals surface area contributed by atoms with Crippen LogP contribution in [0.5, 0.6) is 0 Å². The summed E-state index contributed by atoms with van der Waals surface area (Å²) < 4.78 is 5.18. The van der Waals surface area contributed by atoms with Crippen molar-refractivity contribution >= 4 is 12.3 Å². The van der Waals surface area contributed by atoms with Crippen LogP contribution in [0.1, 0.15) is 33.1 Å². The molecule has 0 aromatic rings. The van der Waals surface area contributed by atoms with Gasteiger partial charge < -0.3 is 9.53 Å². The molecule has 0 aromatic carbocycles. The van der Waals surface area contributed by atoms with Crippen molar-refractivity contribution in [2.45, 2.75) is 39.2 Å². The molecule has 118 valence electrons. The quantitative estimate of drug-likeness (QED) is 0.254. The van der Waals surface area contributed by atoms with Gasteiger partial charge in [-0.05, 0) is 38.9 Å². The van der Waals surface area contributed by atoms with E-state index in [9.17, 15) is 9.59 Å². The average molecular weight is 293 g/mol. The molecule has 0 aliphatic heterocycles. The van der Waals surface area contributed by atoms with Crippen LogP contribution in [0.4, 0.5) is 0 Å². The molecule has 0 aliphatic rings. The maximum Gasteiger partial charge on any atom is 0.327 e. The average Bonchev–Trinajstić information content (AvgIpc) is 2.45. The Bertz CT molecular complexity index is 385. The molecule has 0 amide bonds. The number of hydrogen-bond donors (Lipinski definition) is 0. The number of rotatable bonds is 11. The predicted octanol–water partition coefficient (Wildman–Crippen LogP) is 2.91. The fraction of sp³-hybridized carbons (Fsp3) is 0.529. The van der Waals surface area contributed by atoms with Crippen molar-refractivity contribution in [1.82, 2.24) is 4.90 Å². The van der Waals surface area contributed by atoms with Crippen molar-refractivity contribution in [2.24, 2.45) is 0 Å². The number of ether oxygens (including phenoxy) is 1. The van der Waals surface area contributed by atoms with E-state index < -0.39 is 6.04 Å². The molecule has 0 saturated heterocycles. The summed E-state index contributed by atoms with van der Waals surface area (Å²) >= 11 is 0. The Labute approximate surface area is 128 Å². The molecule has 1 unspecified atom stereocenters. The number of likely N-dealkylation sites (N-methyl/N-ethyl adjacent to an activating group) is 1. The number of unbranched alkanes of at least 4 members (excludes halogenated alkanes) is 1. The van der Waals surface area contributed by atoms with Gasteiger partial charge in [0.2, 0.25) is 0 Å². The maximum atomic E-state index is 12.3. The molecule has 0 N–H and O–H groups in total.